The first-order valence-corrected chi connectivity index (χ1v) is 4.59. The van der Waals surface area contributed by atoms with Crippen molar-refractivity contribution in [2.75, 3.05) is 0 Å². The van der Waals surface area contributed by atoms with Crippen LogP contribution >= 0.6 is 0 Å². The molecule has 0 spiro atoms. The molecule has 1 aliphatic carbocycles. The number of halogens is 1. The van der Waals surface area contributed by atoms with Gasteiger partial charge in [-0.25, -0.2) is 4.79 Å². The standard InChI is InChI=1S/C13H9O2.BrH.Zn/c14-13(11-7-3-1-4-8-11)15-12-9-5-2-6-10-12;;/h2-10H;1H;/p-1. The van der Waals surface area contributed by atoms with Crippen LogP contribution in [-0.2, 0) is 24.3 Å². The van der Waals surface area contributed by atoms with Gasteiger partial charge < -0.3 is 21.7 Å². The number of benzene rings is 1. The molecule has 2 nitrogen and oxygen atoms in total. The molecule has 0 aromatic heterocycles. The van der Waals surface area contributed by atoms with Gasteiger partial charge in [0.1, 0.15) is 5.75 Å². The van der Waals surface area contributed by atoms with E-state index in [1.807, 2.05) is 18.2 Å². The van der Waals surface area contributed by atoms with Crippen LogP contribution in [0.1, 0.15) is 0 Å². The SMILES string of the molecule is O=C(Oc1ccccc1)C1=CC=C=C[CH]1.[Br-].[Zn]. The first kappa shape index (κ1) is 16.1. The Hall–Kier alpha value is -0.947. The predicted molar refractivity (Wildman–Crippen MR) is 57.1 cm³/mol. The van der Waals surface area contributed by atoms with Crippen molar-refractivity contribution in [1.82, 2.24) is 0 Å². The maximum atomic E-state index is 11.6. The van der Waals surface area contributed by atoms with Gasteiger partial charge in [0, 0.05) is 31.5 Å². The summed E-state index contributed by atoms with van der Waals surface area (Å²) >= 11 is 0. The Morgan fingerprint density at radius 1 is 1.12 bits per heavy atom. The monoisotopic (exact) mass is 340 g/mol. The number of para-hydroxylation sites is 1. The van der Waals surface area contributed by atoms with Crippen LogP contribution in [0.2, 0.25) is 0 Å². The summed E-state index contributed by atoms with van der Waals surface area (Å²) in [5.74, 6) is 0.200. The summed E-state index contributed by atoms with van der Waals surface area (Å²) in [7, 11) is 0. The molecule has 0 saturated carbocycles. The van der Waals surface area contributed by atoms with E-state index in [-0.39, 0.29) is 42.4 Å². The van der Waals surface area contributed by atoms with E-state index < -0.39 is 0 Å². The minimum absolute atomic E-state index is 0. The van der Waals surface area contributed by atoms with Gasteiger partial charge in [-0.15, -0.1) is 5.73 Å². The largest absolute Gasteiger partial charge is 1.00 e. The van der Waals surface area contributed by atoms with Crippen molar-refractivity contribution < 1.29 is 46.0 Å². The molecule has 0 aliphatic heterocycles. The zero-order valence-electron chi connectivity index (χ0n) is 9.10. The number of rotatable bonds is 2. The zero-order valence-corrected chi connectivity index (χ0v) is 13.7. The Labute approximate surface area is 124 Å². The molecule has 0 saturated heterocycles. The molecule has 0 bridgehead atoms. The van der Waals surface area contributed by atoms with Gasteiger partial charge in [-0.2, -0.15) is 0 Å². The Kier molecular flexibility index (Phi) is 7.73. The second kappa shape index (κ2) is 8.19. The summed E-state index contributed by atoms with van der Waals surface area (Å²) in [4.78, 5) is 11.6. The summed E-state index contributed by atoms with van der Waals surface area (Å²) in [5, 5.41) is 0. The molecule has 0 amide bonds. The zero-order chi connectivity index (χ0) is 10.5. The molecular formula is C13H9BrO2Zn-. The summed E-state index contributed by atoms with van der Waals surface area (Å²) in [5.41, 5.74) is 3.37. The molecule has 17 heavy (non-hydrogen) atoms. The smallest absolute Gasteiger partial charge is 0.340 e. The third-order valence-electron chi connectivity index (χ3n) is 1.91. The van der Waals surface area contributed by atoms with E-state index in [2.05, 4.69) is 5.73 Å². The minimum Gasteiger partial charge on any atom is -1.00 e. The number of allylic oxidation sites excluding steroid dienone is 2. The van der Waals surface area contributed by atoms with Crippen LogP contribution in [-0.4, -0.2) is 5.97 Å². The van der Waals surface area contributed by atoms with E-state index in [0.717, 1.165) is 0 Å². The normalized spacial score (nSPS) is 11.9. The molecule has 4 heteroatoms. The predicted octanol–water partition coefficient (Wildman–Crippen LogP) is -0.551. The molecule has 0 unspecified atom stereocenters. The van der Waals surface area contributed by atoms with E-state index in [9.17, 15) is 4.79 Å². The average molecular weight is 343 g/mol. The fourth-order valence-electron chi connectivity index (χ4n) is 1.18. The molecule has 0 atom stereocenters. The summed E-state index contributed by atoms with van der Waals surface area (Å²) in [6, 6.07) is 9.00. The quantitative estimate of drug-likeness (QED) is 0.312. The van der Waals surface area contributed by atoms with Gasteiger partial charge in [0.05, 0.1) is 0 Å². The maximum Gasteiger partial charge on any atom is 0.340 e. The average Bonchev–Trinajstić information content (AvgIpc) is 2.31. The molecule has 1 aliphatic rings. The van der Waals surface area contributed by atoms with Crippen molar-refractivity contribution in [1.29, 1.82) is 0 Å². The van der Waals surface area contributed by atoms with E-state index in [0.29, 0.717) is 11.3 Å². The molecular weight excluding hydrogens is 333 g/mol. The van der Waals surface area contributed by atoms with E-state index in [1.165, 1.54) is 0 Å². The first-order valence-electron chi connectivity index (χ1n) is 4.59. The van der Waals surface area contributed by atoms with Crippen LogP contribution in [0.3, 0.4) is 0 Å². The third kappa shape index (κ3) is 4.83. The maximum absolute atomic E-state index is 11.6. The fraction of sp³-hybridized carbons (Fsp3) is 0. The van der Waals surface area contributed by atoms with Crippen LogP contribution in [0.15, 0.2) is 59.9 Å². The Morgan fingerprint density at radius 2 is 1.82 bits per heavy atom. The van der Waals surface area contributed by atoms with E-state index >= 15 is 0 Å². The number of carbonyl (C=O) groups excluding carboxylic acids is 1. The molecule has 83 valence electrons. The molecule has 0 N–H and O–H groups in total. The van der Waals surface area contributed by atoms with Gasteiger partial charge in [0.25, 0.3) is 0 Å². The van der Waals surface area contributed by atoms with Crippen molar-refractivity contribution in [2.45, 2.75) is 0 Å². The Bertz CT molecular complexity index is 460. The topological polar surface area (TPSA) is 26.3 Å². The number of hydrogen-bond donors (Lipinski definition) is 0. The second-order valence-electron chi connectivity index (χ2n) is 2.99. The molecule has 1 radical (unpaired) electrons. The third-order valence-corrected chi connectivity index (χ3v) is 1.91. The molecule has 0 heterocycles. The Morgan fingerprint density at radius 3 is 2.41 bits per heavy atom. The first-order chi connectivity index (χ1) is 7.36. The van der Waals surface area contributed by atoms with Gasteiger partial charge >= 0.3 is 5.97 Å². The summed E-state index contributed by atoms with van der Waals surface area (Å²) in [6.07, 6.45) is 6.71. The van der Waals surface area contributed by atoms with Crippen molar-refractivity contribution >= 4 is 5.97 Å². The molecule has 2 rings (SSSR count). The van der Waals surface area contributed by atoms with Gasteiger partial charge in [-0.3, -0.25) is 0 Å². The number of ether oxygens (including phenoxy) is 1. The molecule has 0 fully saturated rings. The summed E-state index contributed by atoms with van der Waals surface area (Å²) in [6.45, 7) is 0. The number of esters is 1. The minimum atomic E-state index is -0.352. The van der Waals surface area contributed by atoms with Gasteiger partial charge in [0.15, 0.2) is 0 Å². The van der Waals surface area contributed by atoms with Crippen molar-refractivity contribution in [3.05, 3.63) is 66.3 Å². The summed E-state index contributed by atoms with van der Waals surface area (Å²) < 4.78 is 5.15. The van der Waals surface area contributed by atoms with Crippen molar-refractivity contribution in [3.63, 3.8) is 0 Å². The fourth-order valence-corrected chi connectivity index (χ4v) is 1.18. The molecule has 1 aromatic rings. The van der Waals surface area contributed by atoms with Crippen molar-refractivity contribution in [2.24, 2.45) is 0 Å². The van der Waals surface area contributed by atoms with Crippen LogP contribution in [0.25, 0.3) is 0 Å². The van der Waals surface area contributed by atoms with Crippen LogP contribution in [0.4, 0.5) is 0 Å². The van der Waals surface area contributed by atoms with E-state index in [1.54, 1.807) is 36.8 Å². The Balaban J connectivity index is 0.00000128. The van der Waals surface area contributed by atoms with Crippen LogP contribution < -0.4 is 21.7 Å². The van der Waals surface area contributed by atoms with E-state index in [4.69, 9.17) is 4.74 Å². The van der Waals surface area contributed by atoms with Crippen LogP contribution in [0.5, 0.6) is 5.75 Å². The number of carbonyl (C=O) groups is 1. The van der Waals surface area contributed by atoms with Crippen LogP contribution in [0, 0.1) is 6.42 Å². The van der Waals surface area contributed by atoms with Gasteiger partial charge in [-0.1, -0.05) is 18.2 Å². The second-order valence-corrected chi connectivity index (χ2v) is 2.99. The molecule has 1 aromatic carbocycles. The number of hydrogen-bond acceptors (Lipinski definition) is 2. The van der Waals surface area contributed by atoms with Gasteiger partial charge in [-0.05, 0) is 30.4 Å². The van der Waals surface area contributed by atoms with Gasteiger partial charge in [0.2, 0.25) is 0 Å². The van der Waals surface area contributed by atoms with Crippen molar-refractivity contribution in [3.8, 4) is 5.75 Å².